The summed E-state index contributed by atoms with van der Waals surface area (Å²) in [6, 6.07) is 0.0220. The molecule has 3 atom stereocenters. The average Bonchev–Trinajstić information content (AvgIpc) is 1.85. The predicted octanol–water partition coefficient (Wildman–Crippen LogP) is 0.193. The molecule has 0 aromatic heterocycles. The molecule has 2 N–H and O–H groups in total. The molecule has 0 aromatic carbocycles. The van der Waals surface area contributed by atoms with E-state index in [1.54, 1.807) is 7.05 Å². The summed E-state index contributed by atoms with van der Waals surface area (Å²) in [5.74, 6) is 0. The van der Waals surface area contributed by atoms with Crippen LogP contribution in [0, 0.1) is 0 Å². The highest BCUT2D eigenvalue weighted by Crippen LogP contribution is 2.20. The van der Waals surface area contributed by atoms with Gasteiger partial charge in [0.25, 0.3) is 0 Å². The Morgan fingerprint density at radius 1 is 1.45 bits per heavy atom. The molecule has 4 nitrogen and oxygen atoms in total. The molecular formula is C7H15NO3. The molecule has 4 heteroatoms. The average molecular weight is 161 g/mol. The highest BCUT2D eigenvalue weighted by Gasteiger charge is 2.27. The van der Waals surface area contributed by atoms with Gasteiger partial charge in [0.05, 0.1) is 6.10 Å². The molecular weight excluding hydrogens is 146 g/mol. The van der Waals surface area contributed by atoms with Crippen LogP contribution in [0.15, 0.2) is 0 Å². The molecule has 1 aliphatic heterocycles. The van der Waals surface area contributed by atoms with Crippen LogP contribution in [0.4, 0.5) is 0 Å². The van der Waals surface area contributed by atoms with Gasteiger partial charge in [0.2, 0.25) is 0 Å². The lowest BCUT2D eigenvalue weighted by atomic mass is 10.0. The van der Waals surface area contributed by atoms with E-state index in [1.165, 1.54) is 0 Å². The summed E-state index contributed by atoms with van der Waals surface area (Å²) in [6.45, 7) is 1.89. The Hall–Kier alpha value is -0.160. The zero-order chi connectivity index (χ0) is 8.43. The second-order valence-electron chi connectivity index (χ2n) is 3.10. The molecule has 0 bridgehead atoms. The van der Waals surface area contributed by atoms with Crippen LogP contribution in [-0.2, 0) is 4.74 Å². The summed E-state index contributed by atoms with van der Waals surface area (Å²) in [7, 11) is 1.59. The summed E-state index contributed by atoms with van der Waals surface area (Å²) in [6.07, 6.45) is 0.554. The summed E-state index contributed by atoms with van der Waals surface area (Å²) < 4.78 is 5.08. The largest absolute Gasteiger partial charge is 0.368 e. The molecule has 66 valence electrons. The van der Waals surface area contributed by atoms with Crippen LogP contribution in [0.3, 0.4) is 0 Å². The maximum atomic E-state index is 9.14. The van der Waals surface area contributed by atoms with Crippen molar-refractivity contribution in [2.75, 3.05) is 7.05 Å². The second kappa shape index (κ2) is 3.49. The summed E-state index contributed by atoms with van der Waals surface area (Å²) in [4.78, 5) is 0. The van der Waals surface area contributed by atoms with Gasteiger partial charge in [0.1, 0.15) is 0 Å². The molecule has 1 fully saturated rings. The van der Waals surface area contributed by atoms with E-state index in [0.29, 0.717) is 6.42 Å². The van der Waals surface area contributed by atoms with E-state index in [9.17, 15) is 0 Å². The van der Waals surface area contributed by atoms with Gasteiger partial charge in [-0.15, -0.1) is 0 Å². The molecule has 0 spiro atoms. The Balaban J connectivity index is 2.43. The first kappa shape index (κ1) is 8.93. The third-order valence-electron chi connectivity index (χ3n) is 2.00. The lowest BCUT2D eigenvalue weighted by Crippen LogP contribution is -2.41. The summed E-state index contributed by atoms with van der Waals surface area (Å²) >= 11 is 0. The molecule has 11 heavy (non-hydrogen) atoms. The molecule has 0 radical (unpaired) electrons. The van der Waals surface area contributed by atoms with E-state index in [2.05, 4.69) is 0 Å². The normalized spacial score (nSPS) is 39.5. The highest BCUT2D eigenvalue weighted by atomic mass is 16.6. The van der Waals surface area contributed by atoms with E-state index in [4.69, 9.17) is 15.1 Å². The maximum Gasteiger partial charge on any atom is 0.156 e. The van der Waals surface area contributed by atoms with Gasteiger partial charge in [0, 0.05) is 19.5 Å². The fraction of sp³-hybridized carbons (Fsp3) is 1.00. The van der Waals surface area contributed by atoms with E-state index < -0.39 is 6.29 Å². The minimum atomic E-state index is -0.724. The van der Waals surface area contributed by atoms with Gasteiger partial charge in [0.15, 0.2) is 6.29 Å². The van der Waals surface area contributed by atoms with E-state index in [0.717, 1.165) is 11.5 Å². The topological polar surface area (TPSA) is 52.9 Å². The van der Waals surface area contributed by atoms with Gasteiger partial charge in [-0.1, -0.05) is 0 Å². The van der Waals surface area contributed by atoms with Crippen molar-refractivity contribution in [3.8, 4) is 0 Å². The van der Waals surface area contributed by atoms with Crippen LogP contribution in [0.25, 0.3) is 0 Å². The summed E-state index contributed by atoms with van der Waals surface area (Å²) in [5.41, 5.74) is 0. The molecule has 0 unspecified atom stereocenters. The molecule has 0 aromatic rings. The van der Waals surface area contributed by atoms with Gasteiger partial charge in [-0.25, -0.2) is 0 Å². The Morgan fingerprint density at radius 3 is 2.55 bits per heavy atom. The molecule has 0 amide bonds. The Labute approximate surface area is 66.3 Å². The van der Waals surface area contributed by atoms with Crippen molar-refractivity contribution >= 4 is 0 Å². The summed E-state index contributed by atoms with van der Waals surface area (Å²) in [5, 5.41) is 19.4. The zero-order valence-corrected chi connectivity index (χ0v) is 6.90. The predicted molar refractivity (Wildman–Crippen MR) is 39.1 cm³/mol. The standard InChI is InChI=1S/C7H15NO3/c1-5-3-6(8(2)10)4-7(9)11-5/h5-7,9-10H,3-4H2,1-2H3/t5-,6+,7-/m1/s1. The Bertz CT molecular complexity index is 119. The first-order chi connectivity index (χ1) is 5.09. The Kier molecular flexibility index (Phi) is 2.84. The van der Waals surface area contributed by atoms with Crippen molar-refractivity contribution in [1.82, 2.24) is 5.06 Å². The number of hydrogen-bond acceptors (Lipinski definition) is 4. The third kappa shape index (κ3) is 2.41. The van der Waals surface area contributed by atoms with Gasteiger partial charge in [-0.05, 0) is 13.3 Å². The fourth-order valence-electron chi connectivity index (χ4n) is 1.40. The second-order valence-corrected chi connectivity index (χ2v) is 3.10. The quantitative estimate of drug-likeness (QED) is 0.539. The van der Waals surface area contributed by atoms with Crippen molar-refractivity contribution in [1.29, 1.82) is 0 Å². The van der Waals surface area contributed by atoms with E-state index in [1.807, 2.05) is 6.92 Å². The van der Waals surface area contributed by atoms with E-state index >= 15 is 0 Å². The zero-order valence-electron chi connectivity index (χ0n) is 6.90. The van der Waals surface area contributed by atoms with Gasteiger partial charge in [-0.2, -0.15) is 5.06 Å². The number of hydrogen-bond donors (Lipinski definition) is 2. The minimum absolute atomic E-state index is 0.0220. The molecule has 1 rings (SSSR count). The molecule has 0 saturated carbocycles. The first-order valence-electron chi connectivity index (χ1n) is 3.85. The SMILES string of the molecule is C[C@@H]1C[C@H](N(C)O)C[C@H](O)O1. The Morgan fingerprint density at radius 2 is 2.09 bits per heavy atom. The number of hydroxylamine groups is 2. The number of aliphatic hydroxyl groups excluding tert-OH is 1. The molecule has 1 aliphatic rings. The van der Waals surface area contributed by atoms with Crippen molar-refractivity contribution in [2.45, 2.75) is 38.2 Å². The lowest BCUT2D eigenvalue weighted by Gasteiger charge is -2.33. The monoisotopic (exact) mass is 161 g/mol. The van der Waals surface area contributed by atoms with Gasteiger partial charge < -0.3 is 15.1 Å². The van der Waals surface area contributed by atoms with Crippen LogP contribution < -0.4 is 0 Å². The van der Waals surface area contributed by atoms with Gasteiger partial charge in [-0.3, -0.25) is 0 Å². The number of ether oxygens (including phenoxy) is 1. The van der Waals surface area contributed by atoms with Crippen LogP contribution in [0.1, 0.15) is 19.8 Å². The van der Waals surface area contributed by atoms with Gasteiger partial charge >= 0.3 is 0 Å². The maximum absolute atomic E-state index is 9.14. The fourth-order valence-corrected chi connectivity index (χ4v) is 1.40. The van der Waals surface area contributed by atoms with Crippen LogP contribution >= 0.6 is 0 Å². The highest BCUT2D eigenvalue weighted by molar-refractivity contribution is 4.73. The molecule has 0 aliphatic carbocycles. The van der Waals surface area contributed by atoms with Crippen LogP contribution in [0.2, 0.25) is 0 Å². The number of rotatable bonds is 1. The number of aliphatic hydroxyl groups is 1. The van der Waals surface area contributed by atoms with Crippen LogP contribution in [0.5, 0.6) is 0 Å². The molecule has 1 saturated heterocycles. The minimum Gasteiger partial charge on any atom is -0.368 e. The molecule has 1 heterocycles. The first-order valence-corrected chi connectivity index (χ1v) is 3.85. The smallest absolute Gasteiger partial charge is 0.156 e. The van der Waals surface area contributed by atoms with E-state index in [-0.39, 0.29) is 12.1 Å². The lowest BCUT2D eigenvalue weighted by molar-refractivity contribution is -0.210. The number of nitrogens with zero attached hydrogens (tertiary/aromatic N) is 1. The van der Waals surface area contributed by atoms with Crippen LogP contribution in [-0.4, -0.2) is 40.9 Å². The van der Waals surface area contributed by atoms with Crippen molar-refractivity contribution in [3.63, 3.8) is 0 Å². The van der Waals surface area contributed by atoms with Crippen molar-refractivity contribution < 1.29 is 15.1 Å². The van der Waals surface area contributed by atoms with Crippen molar-refractivity contribution in [2.24, 2.45) is 0 Å². The third-order valence-corrected chi connectivity index (χ3v) is 2.00. The van der Waals surface area contributed by atoms with Crippen molar-refractivity contribution in [3.05, 3.63) is 0 Å².